The molecule has 9 heteroatoms. The Hall–Kier alpha value is -2.39. The van der Waals surface area contributed by atoms with E-state index in [9.17, 15) is 23.4 Å². The first-order chi connectivity index (χ1) is 13.1. The Bertz CT molecular complexity index is 743. The summed E-state index contributed by atoms with van der Waals surface area (Å²) in [6.07, 6.45) is -3.41. The van der Waals surface area contributed by atoms with Gasteiger partial charge < -0.3 is 20.8 Å². The van der Waals surface area contributed by atoms with Gasteiger partial charge in [-0.2, -0.15) is 13.2 Å². The quantitative estimate of drug-likeness (QED) is 0.720. The number of aliphatic hydroxyl groups excluding tert-OH is 2. The van der Waals surface area contributed by atoms with E-state index < -0.39 is 24.1 Å². The molecule has 1 saturated heterocycles. The fourth-order valence-corrected chi connectivity index (χ4v) is 3.06. The van der Waals surface area contributed by atoms with Gasteiger partial charge in [0, 0.05) is 18.3 Å². The van der Waals surface area contributed by atoms with E-state index in [0.717, 1.165) is 11.9 Å². The fraction of sp³-hybridized carbons (Fsp3) is 0.474. The highest BCUT2D eigenvalue weighted by Gasteiger charge is 2.35. The number of aliphatic hydroxyl groups is 2. The van der Waals surface area contributed by atoms with Crippen LogP contribution in [0.3, 0.4) is 0 Å². The van der Waals surface area contributed by atoms with Crippen LogP contribution in [0.25, 0.3) is 0 Å². The normalized spacial score (nSPS) is 22.6. The van der Waals surface area contributed by atoms with Gasteiger partial charge in [-0.3, -0.25) is 4.98 Å². The molecule has 4 N–H and O–H groups in total. The second kappa shape index (κ2) is 9.20. The van der Waals surface area contributed by atoms with Crippen molar-refractivity contribution in [2.45, 2.75) is 44.7 Å². The number of hydrogen-bond acceptors (Lipinski definition) is 6. The largest absolute Gasteiger partial charge is 0.434 e. The lowest BCUT2D eigenvalue weighted by Gasteiger charge is -2.44. The zero-order valence-corrected chi connectivity index (χ0v) is 15.7. The molecule has 0 saturated carbocycles. The van der Waals surface area contributed by atoms with Crippen molar-refractivity contribution < 1.29 is 23.4 Å². The number of rotatable bonds is 2. The highest BCUT2D eigenvalue weighted by atomic mass is 19.4. The fourth-order valence-electron chi connectivity index (χ4n) is 3.06. The standard InChI is InChI=1S/C14H21NO2.C5H4F3N3/c1-10(2)12-8-13(16)14(17)9-15(12)11-6-4-3-5-7-11;6-5(7,8)3-1-10-2-4(9)11-3/h3-7,10,12-14,16-17H,8-9H2,1-2H3;1-2H,(H2,9,11). The topological polar surface area (TPSA) is 95.5 Å². The molecule has 6 nitrogen and oxygen atoms in total. The molecular formula is C19H25F3N4O2. The van der Waals surface area contributed by atoms with Gasteiger partial charge in [-0.25, -0.2) is 4.98 Å². The predicted octanol–water partition coefficient (Wildman–Crippen LogP) is 2.72. The molecule has 1 aromatic heterocycles. The van der Waals surface area contributed by atoms with Gasteiger partial charge in [0.25, 0.3) is 0 Å². The highest BCUT2D eigenvalue weighted by Crippen LogP contribution is 2.29. The van der Waals surface area contributed by atoms with E-state index >= 15 is 0 Å². The van der Waals surface area contributed by atoms with Crippen LogP contribution in [0, 0.1) is 5.92 Å². The molecule has 1 aliphatic rings. The van der Waals surface area contributed by atoms with Crippen molar-refractivity contribution in [2.75, 3.05) is 17.2 Å². The molecule has 28 heavy (non-hydrogen) atoms. The Labute approximate surface area is 161 Å². The smallest absolute Gasteiger partial charge is 0.390 e. The Morgan fingerprint density at radius 1 is 1.11 bits per heavy atom. The summed E-state index contributed by atoms with van der Waals surface area (Å²) in [7, 11) is 0. The minimum absolute atomic E-state index is 0.236. The summed E-state index contributed by atoms with van der Waals surface area (Å²) in [6, 6.07) is 10.4. The first-order valence-electron chi connectivity index (χ1n) is 8.92. The van der Waals surface area contributed by atoms with Gasteiger partial charge in [0.05, 0.1) is 24.6 Å². The first-order valence-corrected chi connectivity index (χ1v) is 8.92. The van der Waals surface area contributed by atoms with Gasteiger partial charge in [0.2, 0.25) is 0 Å². The molecule has 0 amide bonds. The minimum atomic E-state index is -4.47. The summed E-state index contributed by atoms with van der Waals surface area (Å²) < 4.78 is 35.4. The van der Waals surface area contributed by atoms with Gasteiger partial charge >= 0.3 is 6.18 Å². The number of nitrogens with two attached hydrogens (primary N) is 1. The number of nitrogens with zero attached hydrogens (tertiary/aromatic N) is 3. The third-order valence-corrected chi connectivity index (χ3v) is 4.51. The van der Waals surface area contributed by atoms with Crippen LogP contribution in [0.15, 0.2) is 42.7 Å². The lowest BCUT2D eigenvalue weighted by atomic mass is 9.89. The zero-order chi connectivity index (χ0) is 20.9. The molecule has 2 heterocycles. The second-order valence-electron chi connectivity index (χ2n) is 7.00. The predicted molar refractivity (Wildman–Crippen MR) is 100 cm³/mol. The van der Waals surface area contributed by atoms with E-state index in [2.05, 4.69) is 40.8 Å². The monoisotopic (exact) mass is 398 g/mol. The van der Waals surface area contributed by atoms with Crippen molar-refractivity contribution in [3.8, 4) is 0 Å². The molecular weight excluding hydrogens is 373 g/mol. The summed E-state index contributed by atoms with van der Waals surface area (Å²) in [6.45, 7) is 4.82. The lowest BCUT2D eigenvalue weighted by Crippen LogP contribution is -2.54. The van der Waals surface area contributed by atoms with E-state index in [4.69, 9.17) is 5.73 Å². The summed E-state index contributed by atoms with van der Waals surface area (Å²) in [4.78, 5) is 8.49. The number of aromatic nitrogens is 2. The molecule has 0 radical (unpaired) electrons. The highest BCUT2D eigenvalue weighted by molar-refractivity contribution is 5.48. The molecule has 1 fully saturated rings. The van der Waals surface area contributed by atoms with Crippen LogP contribution >= 0.6 is 0 Å². The maximum absolute atomic E-state index is 11.8. The van der Waals surface area contributed by atoms with Gasteiger partial charge in [0.1, 0.15) is 5.82 Å². The van der Waals surface area contributed by atoms with Crippen LogP contribution < -0.4 is 10.6 Å². The van der Waals surface area contributed by atoms with Gasteiger partial charge in [-0.1, -0.05) is 32.0 Å². The lowest BCUT2D eigenvalue weighted by molar-refractivity contribution is -0.141. The number of nitrogen functional groups attached to an aromatic ring is 1. The molecule has 3 unspecified atom stereocenters. The SMILES string of the molecule is CC(C)C1CC(O)C(O)CN1c1ccccc1.Nc1cncc(C(F)(F)F)n1. The van der Waals surface area contributed by atoms with Gasteiger partial charge in [-0.05, 0) is 24.5 Å². The van der Waals surface area contributed by atoms with Gasteiger partial charge in [0.15, 0.2) is 5.69 Å². The van der Waals surface area contributed by atoms with E-state index in [-0.39, 0.29) is 11.9 Å². The van der Waals surface area contributed by atoms with Crippen LogP contribution in [-0.4, -0.2) is 45.0 Å². The van der Waals surface area contributed by atoms with Crippen LogP contribution in [-0.2, 0) is 6.18 Å². The number of hydrogen-bond donors (Lipinski definition) is 3. The summed E-state index contributed by atoms with van der Waals surface area (Å²) in [5, 5.41) is 19.6. The van der Waals surface area contributed by atoms with Crippen LogP contribution in [0.5, 0.6) is 0 Å². The molecule has 1 aliphatic heterocycles. The molecule has 2 aromatic rings. The molecule has 1 aromatic carbocycles. The van der Waals surface area contributed by atoms with E-state index in [1.165, 1.54) is 0 Å². The second-order valence-corrected chi connectivity index (χ2v) is 7.00. The van der Waals surface area contributed by atoms with Crippen LogP contribution in [0.1, 0.15) is 26.0 Å². The molecule has 0 bridgehead atoms. The Morgan fingerprint density at radius 2 is 1.75 bits per heavy atom. The van der Waals surface area contributed by atoms with Crippen molar-refractivity contribution in [3.63, 3.8) is 0 Å². The zero-order valence-electron chi connectivity index (χ0n) is 15.7. The van der Waals surface area contributed by atoms with Crippen LogP contribution in [0.4, 0.5) is 24.7 Å². The number of β-amino-alcohol motifs (C(OH)–C–C–N with tert-alkyl or cyclic N) is 1. The van der Waals surface area contributed by atoms with E-state index in [0.29, 0.717) is 25.1 Å². The van der Waals surface area contributed by atoms with Crippen LogP contribution in [0.2, 0.25) is 0 Å². The number of alkyl halides is 3. The molecule has 154 valence electrons. The number of anilines is 2. The minimum Gasteiger partial charge on any atom is -0.390 e. The van der Waals surface area contributed by atoms with E-state index in [1.807, 2.05) is 18.2 Å². The Balaban J connectivity index is 0.000000221. The summed E-state index contributed by atoms with van der Waals surface area (Å²) in [5.41, 5.74) is 5.03. The molecule has 3 rings (SSSR count). The van der Waals surface area contributed by atoms with Crippen molar-refractivity contribution in [3.05, 3.63) is 48.4 Å². The molecule has 0 aliphatic carbocycles. The van der Waals surface area contributed by atoms with Crippen molar-refractivity contribution in [1.29, 1.82) is 0 Å². The van der Waals surface area contributed by atoms with Gasteiger partial charge in [-0.15, -0.1) is 0 Å². The third-order valence-electron chi connectivity index (χ3n) is 4.51. The van der Waals surface area contributed by atoms with Crippen molar-refractivity contribution in [2.24, 2.45) is 5.92 Å². The maximum atomic E-state index is 11.8. The molecule has 0 spiro atoms. The third kappa shape index (κ3) is 5.80. The Morgan fingerprint density at radius 3 is 2.25 bits per heavy atom. The maximum Gasteiger partial charge on any atom is 0.434 e. The number of benzene rings is 1. The first kappa shape index (κ1) is 21.9. The summed E-state index contributed by atoms with van der Waals surface area (Å²) >= 11 is 0. The summed E-state index contributed by atoms with van der Waals surface area (Å²) in [5.74, 6) is 0.220. The van der Waals surface area contributed by atoms with Crippen molar-refractivity contribution >= 4 is 11.5 Å². The Kier molecular flexibility index (Phi) is 7.20. The van der Waals surface area contributed by atoms with Crippen molar-refractivity contribution in [1.82, 2.24) is 9.97 Å². The number of para-hydroxylation sites is 1. The number of halogens is 3. The average molecular weight is 398 g/mol. The van der Waals surface area contributed by atoms with E-state index in [1.54, 1.807) is 0 Å². The average Bonchev–Trinajstić information content (AvgIpc) is 2.64. The molecule has 3 atom stereocenters. The number of piperidine rings is 1.